The number of esters is 2. The molecule has 176 valence electrons. The van der Waals surface area contributed by atoms with E-state index in [-0.39, 0.29) is 16.9 Å². The van der Waals surface area contributed by atoms with E-state index in [1.165, 1.54) is 24.3 Å². The van der Waals surface area contributed by atoms with Gasteiger partial charge in [0, 0.05) is 12.3 Å². The Morgan fingerprint density at radius 1 is 1.06 bits per heavy atom. The monoisotopic (exact) mass is 470 g/mol. The van der Waals surface area contributed by atoms with Crippen molar-refractivity contribution in [1.82, 2.24) is 10.2 Å². The van der Waals surface area contributed by atoms with Crippen molar-refractivity contribution in [2.24, 2.45) is 0 Å². The highest BCUT2D eigenvalue weighted by molar-refractivity contribution is 5.90. The molecule has 4 rings (SSSR count). The van der Waals surface area contributed by atoms with Gasteiger partial charge in [0.1, 0.15) is 5.82 Å². The number of halogens is 2. The van der Waals surface area contributed by atoms with E-state index in [1.807, 2.05) is 0 Å². The smallest absolute Gasteiger partial charge is 0.338 e. The van der Waals surface area contributed by atoms with Crippen LogP contribution in [0.2, 0.25) is 0 Å². The number of benzene rings is 2. The van der Waals surface area contributed by atoms with Crippen molar-refractivity contribution in [3.8, 4) is 0 Å². The number of hydrogen-bond donors (Lipinski definition) is 1. The third-order valence-electron chi connectivity index (χ3n) is 5.20. The molecule has 1 N–H and O–H groups in total. The van der Waals surface area contributed by atoms with E-state index in [2.05, 4.69) is 11.9 Å². The Balaban J connectivity index is 1.58. The molecule has 0 saturated carbocycles. The first-order chi connectivity index (χ1) is 16.3. The van der Waals surface area contributed by atoms with E-state index >= 15 is 8.78 Å². The van der Waals surface area contributed by atoms with Gasteiger partial charge in [-0.2, -0.15) is 0 Å². The Kier molecular flexibility index (Phi) is 6.42. The summed E-state index contributed by atoms with van der Waals surface area (Å²) in [5, 5.41) is 2.35. The van der Waals surface area contributed by atoms with Crippen molar-refractivity contribution < 1.29 is 37.4 Å². The molecule has 0 unspecified atom stereocenters. The van der Waals surface area contributed by atoms with E-state index in [9.17, 15) is 14.4 Å². The minimum atomic E-state index is -3.03. The highest BCUT2D eigenvalue weighted by Gasteiger charge is 2.62. The number of amides is 1. The first kappa shape index (κ1) is 23.1. The Morgan fingerprint density at radius 3 is 2.24 bits per heavy atom. The highest BCUT2D eigenvalue weighted by Crippen LogP contribution is 2.40. The zero-order chi connectivity index (χ0) is 24.3. The maximum Gasteiger partial charge on any atom is 0.338 e. The number of ether oxygens (including phenoxy) is 3. The Morgan fingerprint density at radius 2 is 1.65 bits per heavy atom. The Bertz CT molecular complexity index is 1130. The molecule has 2 heterocycles. The SMILES string of the molecule is C=C1NC(=O)C=CN1[C@@H]1O[C@](F)(COC(=O)c2ccccc2)[C@@H](OC(=O)c2ccccc2)[C@H]1F. The van der Waals surface area contributed by atoms with E-state index in [0.29, 0.717) is 0 Å². The number of carbonyl (C=O) groups is 3. The van der Waals surface area contributed by atoms with Crippen molar-refractivity contribution >= 4 is 17.8 Å². The van der Waals surface area contributed by atoms with E-state index in [4.69, 9.17) is 14.2 Å². The van der Waals surface area contributed by atoms with Crippen LogP contribution in [-0.2, 0) is 19.0 Å². The predicted molar refractivity (Wildman–Crippen MR) is 114 cm³/mol. The molecule has 2 aromatic rings. The average Bonchev–Trinajstić information content (AvgIpc) is 3.09. The second-order valence-corrected chi connectivity index (χ2v) is 7.53. The van der Waals surface area contributed by atoms with E-state index < -0.39 is 48.8 Å². The Labute approximate surface area is 193 Å². The molecule has 0 radical (unpaired) electrons. The fourth-order valence-electron chi connectivity index (χ4n) is 3.50. The van der Waals surface area contributed by atoms with Gasteiger partial charge in [-0.05, 0) is 24.3 Å². The van der Waals surface area contributed by atoms with E-state index in [1.54, 1.807) is 36.4 Å². The van der Waals surface area contributed by atoms with Crippen LogP contribution in [0.1, 0.15) is 20.7 Å². The average molecular weight is 470 g/mol. The second kappa shape index (κ2) is 9.44. The molecule has 0 aliphatic carbocycles. The minimum Gasteiger partial charge on any atom is -0.456 e. The van der Waals surface area contributed by atoms with Crippen LogP contribution in [0.5, 0.6) is 0 Å². The van der Waals surface area contributed by atoms with Gasteiger partial charge in [-0.3, -0.25) is 4.79 Å². The van der Waals surface area contributed by atoms with Crippen molar-refractivity contribution in [2.45, 2.75) is 24.4 Å². The molecule has 4 atom stereocenters. The first-order valence-electron chi connectivity index (χ1n) is 10.2. The lowest BCUT2D eigenvalue weighted by Crippen LogP contribution is -2.46. The largest absolute Gasteiger partial charge is 0.456 e. The van der Waals surface area contributed by atoms with Crippen LogP contribution in [-0.4, -0.2) is 53.7 Å². The number of nitrogens with one attached hydrogen (secondary N) is 1. The molecule has 0 spiro atoms. The number of hydrogen-bond acceptors (Lipinski definition) is 7. The van der Waals surface area contributed by atoms with Crippen LogP contribution in [0.3, 0.4) is 0 Å². The number of rotatable bonds is 6. The van der Waals surface area contributed by atoms with Gasteiger partial charge in [-0.15, -0.1) is 0 Å². The summed E-state index contributed by atoms with van der Waals surface area (Å²) in [4.78, 5) is 37.4. The molecule has 2 aromatic carbocycles. The molecular weight excluding hydrogens is 450 g/mol. The van der Waals surface area contributed by atoms with Gasteiger partial charge in [0.05, 0.1) is 11.1 Å². The summed E-state index contributed by atoms with van der Waals surface area (Å²) in [5.41, 5.74) is 0.210. The molecule has 2 aliphatic rings. The second-order valence-electron chi connectivity index (χ2n) is 7.53. The van der Waals surface area contributed by atoms with Crippen LogP contribution in [0, 0.1) is 0 Å². The van der Waals surface area contributed by atoms with E-state index in [0.717, 1.165) is 17.2 Å². The third kappa shape index (κ3) is 4.67. The fourth-order valence-corrected chi connectivity index (χ4v) is 3.50. The lowest BCUT2D eigenvalue weighted by molar-refractivity contribution is -0.210. The van der Waals surface area contributed by atoms with Crippen molar-refractivity contribution in [1.29, 1.82) is 0 Å². The molecule has 1 amide bonds. The lowest BCUT2D eigenvalue weighted by atomic mass is 10.1. The molecular formula is C24H20F2N2O6. The van der Waals surface area contributed by atoms with Crippen LogP contribution >= 0.6 is 0 Å². The topological polar surface area (TPSA) is 94.2 Å². The molecule has 8 nitrogen and oxygen atoms in total. The molecule has 34 heavy (non-hydrogen) atoms. The first-order valence-corrected chi connectivity index (χ1v) is 10.2. The summed E-state index contributed by atoms with van der Waals surface area (Å²) in [6.07, 6.45) is -3.75. The third-order valence-corrected chi connectivity index (χ3v) is 5.20. The van der Waals surface area contributed by atoms with Crippen LogP contribution in [0.25, 0.3) is 0 Å². The van der Waals surface area contributed by atoms with Crippen molar-refractivity contribution in [3.63, 3.8) is 0 Å². The zero-order valence-corrected chi connectivity index (χ0v) is 17.7. The number of carbonyl (C=O) groups excluding carboxylic acids is 3. The van der Waals surface area contributed by atoms with Gasteiger partial charge >= 0.3 is 11.9 Å². The summed E-state index contributed by atoms with van der Waals surface area (Å²) >= 11 is 0. The van der Waals surface area contributed by atoms with Crippen LogP contribution in [0.15, 0.2) is 85.3 Å². The maximum absolute atomic E-state index is 16.0. The Hall–Kier alpha value is -4.05. The van der Waals surface area contributed by atoms with Crippen molar-refractivity contribution in [3.05, 3.63) is 96.5 Å². The molecule has 10 heteroatoms. The van der Waals surface area contributed by atoms with Gasteiger partial charge in [0.2, 0.25) is 0 Å². The predicted octanol–water partition coefficient (Wildman–Crippen LogP) is 2.85. The summed E-state index contributed by atoms with van der Waals surface area (Å²) in [7, 11) is 0. The molecule has 1 saturated heterocycles. The van der Waals surface area contributed by atoms with Gasteiger partial charge in [-0.1, -0.05) is 43.0 Å². The normalized spacial score (nSPS) is 26.2. The quantitative estimate of drug-likeness (QED) is 0.649. The summed E-state index contributed by atoms with van der Waals surface area (Å²) in [6.45, 7) is 2.55. The summed E-state index contributed by atoms with van der Waals surface area (Å²) in [6, 6.07) is 15.4. The van der Waals surface area contributed by atoms with Crippen LogP contribution < -0.4 is 5.32 Å². The van der Waals surface area contributed by atoms with Gasteiger partial charge < -0.3 is 24.4 Å². The summed E-state index contributed by atoms with van der Waals surface area (Å²) < 4.78 is 47.0. The standard InChI is InChI=1S/C24H20F2N2O6/c1-15-27-18(29)12-13-28(15)21-19(25)20(33-23(31)17-10-6-3-7-11-17)24(26,34-21)14-32-22(30)16-8-4-2-5-9-16/h2-13,19-21H,1,14H2,(H,27,29)/t19-,20+,21-,24-/m1/s1. The van der Waals surface area contributed by atoms with Gasteiger partial charge in [0.25, 0.3) is 11.8 Å². The number of alkyl halides is 2. The zero-order valence-electron chi connectivity index (χ0n) is 17.7. The lowest BCUT2D eigenvalue weighted by Gasteiger charge is -2.32. The molecule has 2 aliphatic heterocycles. The highest BCUT2D eigenvalue weighted by atomic mass is 19.2. The van der Waals surface area contributed by atoms with Crippen molar-refractivity contribution in [2.75, 3.05) is 6.61 Å². The fraction of sp³-hybridized carbons (Fsp3) is 0.208. The maximum atomic E-state index is 16.0. The minimum absolute atomic E-state index is 0.0660. The van der Waals surface area contributed by atoms with Gasteiger partial charge in [-0.25, -0.2) is 18.4 Å². The van der Waals surface area contributed by atoms with Crippen LogP contribution in [0.4, 0.5) is 8.78 Å². The molecule has 0 aromatic heterocycles. The molecule has 0 bridgehead atoms. The summed E-state index contributed by atoms with van der Waals surface area (Å²) in [5.74, 6) is -5.48. The molecule has 1 fully saturated rings. The van der Waals surface area contributed by atoms with Gasteiger partial charge in [0.15, 0.2) is 25.1 Å². The number of nitrogens with zero attached hydrogens (tertiary/aromatic N) is 1.